The van der Waals surface area contributed by atoms with Crippen LogP contribution >= 0.6 is 11.3 Å². The van der Waals surface area contributed by atoms with Crippen LogP contribution in [0.1, 0.15) is 23.1 Å². The van der Waals surface area contributed by atoms with Crippen LogP contribution in [0.4, 0.5) is 0 Å². The van der Waals surface area contributed by atoms with E-state index in [-0.39, 0.29) is 5.91 Å². The van der Waals surface area contributed by atoms with Crippen molar-refractivity contribution in [2.24, 2.45) is 4.99 Å². The number of para-hydroxylation sites is 1. The second-order valence-corrected chi connectivity index (χ2v) is 7.10. The number of nitrogens with zero attached hydrogens (tertiary/aromatic N) is 4. The molecule has 0 aliphatic heterocycles. The Morgan fingerprint density at radius 3 is 2.89 bits per heavy atom. The van der Waals surface area contributed by atoms with Gasteiger partial charge in [0.25, 0.3) is 5.91 Å². The first kappa shape index (κ1) is 17.6. The number of rotatable bonds is 5. The van der Waals surface area contributed by atoms with Crippen molar-refractivity contribution in [3.8, 4) is 0 Å². The molecule has 0 saturated carbocycles. The zero-order chi connectivity index (χ0) is 18.8. The number of carbonyl (C=O) groups is 1. The van der Waals surface area contributed by atoms with Gasteiger partial charge in [-0.05, 0) is 38.1 Å². The van der Waals surface area contributed by atoms with Gasteiger partial charge in [0.15, 0.2) is 4.80 Å². The fourth-order valence-electron chi connectivity index (χ4n) is 3.13. The molecule has 0 N–H and O–H groups in total. The molecule has 0 saturated heterocycles. The van der Waals surface area contributed by atoms with Crippen LogP contribution in [0, 0.1) is 6.92 Å². The molecule has 4 rings (SSSR count). The normalized spacial score (nSPS) is 12.3. The number of amides is 1. The van der Waals surface area contributed by atoms with Crippen LogP contribution in [-0.4, -0.2) is 33.1 Å². The van der Waals surface area contributed by atoms with Gasteiger partial charge in [-0.25, -0.2) is 4.98 Å². The second-order valence-electron chi connectivity index (χ2n) is 6.09. The van der Waals surface area contributed by atoms with Crippen LogP contribution < -0.4 is 4.80 Å². The Kier molecular flexibility index (Phi) is 4.87. The van der Waals surface area contributed by atoms with Gasteiger partial charge in [0, 0.05) is 19.3 Å². The summed E-state index contributed by atoms with van der Waals surface area (Å²) < 4.78 is 10.4. The maximum absolute atomic E-state index is 13.0. The molecule has 0 atom stereocenters. The van der Waals surface area contributed by atoms with Gasteiger partial charge in [-0.3, -0.25) is 9.20 Å². The molecule has 27 heavy (non-hydrogen) atoms. The summed E-state index contributed by atoms with van der Waals surface area (Å²) in [5.41, 5.74) is 2.98. The van der Waals surface area contributed by atoms with Gasteiger partial charge >= 0.3 is 0 Å². The summed E-state index contributed by atoms with van der Waals surface area (Å²) in [5, 5.41) is 0. The maximum Gasteiger partial charge on any atom is 0.298 e. The lowest BCUT2D eigenvalue weighted by Gasteiger charge is -2.05. The summed E-state index contributed by atoms with van der Waals surface area (Å²) in [5.74, 6) is -0.289. The van der Waals surface area contributed by atoms with E-state index in [0.29, 0.717) is 35.9 Å². The molecule has 1 amide bonds. The molecule has 3 heterocycles. The average Bonchev–Trinajstić information content (AvgIpc) is 3.18. The maximum atomic E-state index is 13.0. The number of pyridine rings is 1. The Morgan fingerprint density at radius 1 is 1.22 bits per heavy atom. The standard InChI is InChI=1S/C20H20N4O2S/c1-3-26-13-12-23-15-8-4-5-9-16(15)27-20(23)22-19(25)18-14(2)21-17-10-6-7-11-24(17)18/h4-11H,3,12-13H2,1-2H3. The quantitative estimate of drug-likeness (QED) is 0.498. The topological polar surface area (TPSA) is 60.9 Å². The van der Waals surface area contributed by atoms with E-state index < -0.39 is 0 Å². The number of benzene rings is 1. The number of imidazole rings is 1. The Morgan fingerprint density at radius 2 is 2.04 bits per heavy atom. The fraction of sp³-hybridized carbons (Fsp3) is 0.250. The number of ether oxygens (including phenoxy) is 1. The second kappa shape index (κ2) is 7.46. The van der Waals surface area contributed by atoms with Crippen molar-refractivity contribution in [3.05, 3.63) is 64.9 Å². The van der Waals surface area contributed by atoms with Crippen molar-refractivity contribution >= 4 is 33.1 Å². The van der Waals surface area contributed by atoms with Crippen molar-refractivity contribution in [3.63, 3.8) is 0 Å². The monoisotopic (exact) mass is 380 g/mol. The van der Waals surface area contributed by atoms with E-state index in [4.69, 9.17) is 4.74 Å². The van der Waals surface area contributed by atoms with Gasteiger partial charge in [0.05, 0.1) is 22.5 Å². The summed E-state index contributed by atoms with van der Waals surface area (Å²) in [6.07, 6.45) is 1.84. The molecule has 0 fully saturated rings. The van der Waals surface area contributed by atoms with Gasteiger partial charge in [0.1, 0.15) is 11.3 Å². The summed E-state index contributed by atoms with van der Waals surface area (Å²) in [4.78, 5) is 22.6. The van der Waals surface area contributed by atoms with E-state index in [0.717, 1.165) is 15.9 Å². The molecule has 0 spiro atoms. The highest BCUT2D eigenvalue weighted by atomic mass is 32.1. The van der Waals surface area contributed by atoms with E-state index in [2.05, 4.69) is 9.98 Å². The fourth-order valence-corrected chi connectivity index (χ4v) is 4.19. The lowest BCUT2D eigenvalue weighted by Crippen LogP contribution is -2.20. The first-order chi connectivity index (χ1) is 13.2. The van der Waals surface area contributed by atoms with Gasteiger partial charge in [0.2, 0.25) is 0 Å². The number of carbonyl (C=O) groups excluding carboxylic acids is 1. The van der Waals surface area contributed by atoms with Crippen LogP contribution in [-0.2, 0) is 11.3 Å². The highest BCUT2D eigenvalue weighted by Gasteiger charge is 2.16. The first-order valence-corrected chi connectivity index (χ1v) is 9.69. The van der Waals surface area contributed by atoms with Gasteiger partial charge in [-0.15, -0.1) is 0 Å². The van der Waals surface area contributed by atoms with Crippen LogP contribution in [0.2, 0.25) is 0 Å². The molecule has 0 bridgehead atoms. The average molecular weight is 380 g/mol. The molecule has 1 aromatic carbocycles. The number of fused-ring (bicyclic) bond motifs is 2. The summed E-state index contributed by atoms with van der Waals surface area (Å²) >= 11 is 1.51. The van der Waals surface area contributed by atoms with E-state index in [1.807, 2.05) is 67.1 Å². The van der Waals surface area contributed by atoms with Crippen molar-refractivity contribution in [2.75, 3.05) is 13.2 Å². The number of aryl methyl sites for hydroxylation is 1. The highest BCUT2D eigenvalue weighted by molar-refractivity contribution is 7.16. The van der Waals surface area contributed by atoms with Crippen molar-refractivity contribution in [1.82, 2.24) is 14.0 Å². The zero-order valence-electron chi connectivity index (χ0n) is 15.3. The third kappa shape index (κ3) is 3.31. The Hall–Kier alpha value is -2.77. The lowest BCUT2D eigenvalue weighted by molar-refractivity contribution is 0.0990. The largest absolute Gasteiger partial charge is 0.380 e. The van der Waals surface area contributed by atoms with Crippen molar-refractivity contribution < 1.29 is 9.53 Å². The zero-order valence-corrected chi connectivity index (χ0v) is 16.1. The summed E-state index contributed by atoms with van der Waals surface area (Å²) in [6, 6.07) is 13.7. The molecule has 138 valence electrons. The van der Waals surface area contributed by atoms with E-state index in [1.165, 1.54) is 11.3 Å². The van der Waals surface area contributed by atoms with Gasteiger partial charge in [-0.2, -0.15) is 4.99 Å². The van der Waals surface area contributed by atoms with E-state index in [1.54, 1.807) is 4.40 Å². The van der Waals surface area contributed by atoms with E-state index >= 15 is 0 Å². The first-order valence-electron chi connectivity index (χ1n) is 8.88. The predicted octanol–water partition coefficient (Wildman–Crippen LogP) is 3.44. The van der Waals surface area contributed by atoms with Crippen LogP contribution in [0.5, 0.6) is 0 Å². The molecule has 0 aliphatic rings. The molecular formula is C20H20N4O2S. The number of hydrogen-bond acceptors (Lipinski definition) is 4. The third-order valence-corrected chi connectivity index (χ3v) is 5.41. The number of aromatic nitrogens is 3. The minimum atomic E-state index is -0.289. The Bertz CT molecular complexity index is 1190. The smallest absolute Gasteiger partial charge is 0.298 e. The molecule has 4 aromatic rings. The minimum Gasteiger partial charge on any atom is -0.380 e. The highest BCUT2D eigenvalue weighted by Crippen LogP contribution is 2.17. The van der Waals surface area contributed by atoms with Gasteiger partial charge < -0.3 is 9.30 Å². The minimum absolute atomic E-state index is 0.289. The summed E-state index contributed by atoms with van der Waals surface area (Å²) in [6.45, 7) is 5.70. The molecule has 0 aliphatic carbocycles. The Balaban J connectivity index is 1.83. The Labute approximate surface area is 160 Å². The molecule has 0 radical (unpaired) electrons. The van der Waals surface area contributed by atoms with Crippen LogP contribution in [0.25, 0.3) is 15.9 Å². The number of thiazole rings is 1. The molecule has 7 heteroatoms. The third-order valence-electron chi connectivity index (χ3n) is 4.36. The van der Waals surface area contributed by atoms with E-state index in [9.17, 15) is 4.79 Å². The van der Waals surface area contributed by atoms with Gasteiger partial charge in [-0.1, -0.05) is 29.5 Å². The van der Waals surface area contributed by atoms with Crippen molar-refractivity contribution in [1.29, 1.82) is 0 Å². The molecule has 0 unspecified atom stereocenters. The molecule has 3 aromatic heterocycles. The SMILES string of the molecule is CCOCCn1c(=NC(=O)c2c(C)nc3ccccn23)sc2ccccc21. The summed E-state index contributed by atoms with van der Waals surface area (Å²) in [7, 11) is 0. The molecule has 6 nitrogen and oxygen atoms in total. The molecular weight excluding hydrogens is 360 g/mol. The predicted molar refractivity (Wildman–Crippen MR) is 106 cm³/mol. The van der Waals surface area contributed by atoms with Crippen LogP contribution in [0.3, 0.4) is 0 Å². The lowest BCUT2D eigenvalue weighted by atomic mass is 10.3. The van der Waals surface area contributed by atoms with Crippen molar-refractivity contribution in [2.45, 2.75) is 20.4 Å². The number of hydrogen-bond donors (Lipinski definition) is 0. The van der Waals surface area contributed by atoms with Crippen LogP contribution in [0.15, 0.2) is 53.7 Å².